The first kappa shape index (κ1) is 18.4. The predicted molar refractivity (Wildman–Crippen MR) is 103 cm³/mol. The fourth-order valence-corrected chi connectivity index (χ4v) is 3.84. The Morgan fingerprint density at radius 3 is 2.69 bits per heavy atom. The highest BCUT2D eigenvalue weighted by atomic mass is 32.1. The van der Waals surface area contributed by atoms with Gasteiger partial charge in [0.25, 0.3) is 0 Å². The summed E-state index contributed by atoms with van der Waals surface area (Å²) in [4.78, 5) is 30.4. The van der Waals surface area contributed by atoms with Gasteiger partial charge in [-0.2, -0.15) is 0 Å². The zero-order chi connectivity index (χ0) is 18.7. The average molecular weight is 377 g/mol. The third kappa shape index (κ3) is 4.23. The number of amides is 3. The summed E-state index contributed by atoms with van der Waals surface area (Å²) in [5.41, 5.74) is 6.72. The van der Waals surface area contributed by atoms with Gasteiger partial charge in [0.1, 0.15) is 6.04 Å². The van der Waals surface area contributed by atoms with Gasteiger partial charge in [-0.3, -0.25) is 4.79 Å². The minimum absolute atomic E-state index is 0.0810. The van der Waals surface area contributed by atoms with Crippen LogP contribution >= 0.6 is 11.3 Å². The number of thiazole rings is 1. The quantitative estimate of drug-likeness (QED) is 0.736. The van der Waals surface area contributed by atoms with Crippen molar-refractivity contribution in [2.45, 2.75) is 19.9 Å². The number of ether oxygens (including phenoxy) is 1. The van der Waals surface area contributed by atoms with Crippen LogP contribution in [0.2, 0.25) is 0 Å². The average Bonchev–Trinajstić information content (AvgIpc) is 3.03. The van der Waals surface area contributed by atoms with Crippen LogP contribution in [0.1, 0.15) is 13.8 Å². The number of nitrogens with two attached hydrogens (primary N) is 1. The van der Waals surface area contributed by atoms with E-state index >= 15 is 0 Å². The number of fused-ring (bicyclic) bond motifs is 1. The summed E-state index contributed by atoms with van der Waals surface area (Å²) >= 11 is 1.59. The highest BCUT2D eigenvalue weighted by Crippen LogP contribution is 2.31. The van der Waals surface area contributed by atoms with Gasteiger partial charge in [0, 0.05) is 18.8 Å². The van der Waals surface area contributed by atoms with E-state index in [2.05, 4.69) is 20.5 Å². The number of carbonyl (C=O) groups is 2. The second-order valence-electron chi connectivity index (χ2n) is 6.50. The van der Waals surface area contributed by atoms with Crippen molar-refractivity contribution >= 4 is 44.3 Å². The monoisotopic (exact) mass is 377 g/mol. The second kappa shape index (κ2) is 7.88. The molecule has 8 nitrogen and oxygen atoms in total. The zero-order valence-corrected chi connectivity index (χ0v) is 15.6. The third-order valence-corrected chi connectivity index (χ3v) is 5.25. The predicted octanol–water partition coefficient (Wildman–Crippen LogP) is 1.76. The van der Waals surface area contributed by atoms with Crippen LogP contribution < -0.4 is 21.3 Å². The van der Waals surface area contributed by atoms with Crippen molar-refractivity contribution in [1.29, 1.82) is 0 Å². The molecule has 1 unspecified atom stereocenters. The molecular formula is C17H23N5O3S. The van der Waals surface area contributed by atoms with E-state index in [0.29, 0.717) is 18.9 Å². The Bertz CT molecular complexity index is 801. The minimum Gasteiger partial charge on any atom is -0.378 e. The lowest BCUT2D eigenvalue weighted by Crippen LogP contribution is -2.49. The molecular weight excluding hydrogens is 354 g/mol. The number of nitrogens with one attached hydrogen (secondary N) is 2. The smallest absolute Gasteiger partial charge is 0.312 e. The van der Waals surface area contributed by atoms with Gasteiger partial charge in [0.15, 0.2) is 5.13 Å². The number of anilines is 2. The van der Waals surface area contributed by atoms with E-state index in [1.54, 1.807) is 11.3 Å². The highest BCUT2D eigenvalue weighted by Gasteiger charge is 2.23. The maximum atomic E-state index is 12.5. The normalized spacial score (nSPS) is 15.9. The zero-order valence-electron chi connectivity index (χ0n) is 14.8. The molecule has 26 heavy (non-hydrogen) atoms. The highest BCUT2D eigenvalue weighted by molar-refractivity contribution is 7.22. The number of hydrogen-bond donors (Lipinski definition) is 3. The molecule has 0 bridgehead atoms. The standard InChI is InChI=1S/C17H23N5O3S/c1-10(2)14(21-16(18)24)15(23)19-11-3-4-12-13(9-11)26-17(20-12)22-5-7-25-8-6-22/h3-4,9-10,14H,5-8H2,1-2H3,(H,19,23)(H3,18,21,24). The first-order valence-corrected chi connectivity index (χ1v) is 9.36. The van der Waals surface area contributed by atoms with Gasteiger partial charge < -0.3 is 26.0 Å². The molecule has 1 aromatic carbocycles. The second-order valence-corrected chi connectivity index (χ2v) is 7.51. The summed E-state index contributed by atoms with van der Waals surface area (Å²) in [6.45, 7) is 6.78. The van der Waals surface area contributed by atoms with E-state index in [9.17, 15) is 9.59 Å². The summed E-state index contributed by atoms with van der Waals surface area (Å²) in [5.74, 6) is -0.376. The van der Waals surface area contributed by atoms with Crippen molar-refractivity contribution in [3.05, 3.63) is 18.2 Å². The Kier molecular flexibility index (Phi) is 5.58. The maximum absolute atomic E-state index is 12.5. The Labute approximate surface area is 155 Å². The van der Waals surface area contributed by atoms with Crippen LogP contribution in [-0.4, -0.2) is 49.3 Å². The van der Waals surface area contributed by atoms with Crippen molar-refractivity contribution in [1.82, 2.24) is 10.3 Å². The van der Waals surface area contributed by atoms with E-state index in [-0.39, 0.29) is 11.8 Å². The molecule has 0 saturated carbocycles. The summed E-state index contributed by atoms with van der Waals surface area (Å²) in [6, 6.07) is 4.19. The topological polar surface area (TPSA) is 110 Å². The number of rotatable bonds is 5. The largest absolute Gasteiger partial charge is 0.378 e. The van der Waals surface area contributed by atoms with Crippen molar-refractivity contribution in [2.24, 2.45) is 11.7 Å². The van der Waals surface area contributed by atoms with Crippen molar-refractivity contribution < 1.29 is 14.3 Å². The third-order valence-electron chi connectivity index (χ3n) is 4.17. The van der Waals surface area contributed by atoms with E-state index in [1.807, 2.05) is 32.0 Å². The van der Waals surface area contributed by atoms with Crippen LogP contribution in [0.4, 0.5) is 15.6 Å². The van der Waals surface area contributed by atoms with Crippen LogP contribution in [-0.2, 0) is 9.53 Å². The van der Waals surface area contributed by atoms with Crippen molar-refractivity contribution in [3.8, 4) is 0 Å². The molecule has 1 saturated heterocycles. The van der Waals surface area contributed by atoms with Crippen LogP contribution in [0.25, 0.3) is 10.2 Å². The van der Waals surface area contributed by atoms with Gasteiger partial charge in [0.2, 0.25) is 5.91 Å². The first-order valence-electron chi connectivity index (χ1n) is 8.54. The molecule has 9 heteroatoms. The number of benzene rings is 1. The number of aromatic nitrogens is 1. The summed E-state index contributed by atoms with van der Waals surface area (Å²) in [5, 5.41) is 6.29. The number of carbonyl (C=O) groups excluding carboxylic acids is 2. The molecule has 2 heterocycles. The Morgan fingerprint density at radius 1 is 1.31 bits per heavy atom. The maximum Gasteiger partial charge on any atom is 0.312 e. The fraction of sp³-hybridized carbons (Fsp3) is 0.471. The van der Waals surface area contributed by atoms with Crippen molar-refractivity contribution in [3.63, 3.8) is 0 Å². The molecule has 0 aliphatic carbocycles. The van der Waals surface area contributed by atoms with Gasteiger partial charge in [-0.15, -0.1) is 0 Å². The first-order chi connectivity index (χ1) is 12.4. The number of morpholine rings is 1. The number of nitrogens with zero attached hydrogens (tertiary/aromatic N) is 2. The molecule has 0 spiro atoms. The van der Waals surface area contributed by atoms with E-state index in [0.717, 1.165) is 28.4 Å². The van der Waals surface area contributed by atoms with Gasteiger partial charge >= 0.3 is 6.03 Å². The van der Waals surface area contributed by atoms with E-state index < -0.39 is 12.1 Å². The summed E-state index contributed by atoms with van der Waals surface area (Å²) in [7, 11) is 0. The lowest BCUT2D eigenvalue weighted by Gasteiger charge is -2.25. The molecule has 0 radical (unpaired) electrons. The van der Waals surface area contributed by atoms with Crippen LogP contribution in [0, 0.1) is 5.92 Å². The molecule has 1 atom stereocenters. The molecule has 2 aromatic rings. The van der Waals surface area contributed by atoms with Gasteiger partial charge in [-0.25, -0.2) is 9.78 Å². The summed E-state index contributed by atoms with van der Waals surface area (Å²) in [6.07, 6.45) is 0. The SMILES string of the molecule is CC(C)C(NC(N)=O)C(=O)Nc1ccc2nc(N3CCOCC3)sc2c1. The molecule has 1 aromatic heterocycles. The summed E-state index contributed by atoms with van der Waals surface area (Å²) < 4.78 is 6.37. The van der Waals surface area contributed by atoms with Crippen molar-refractivity contribution in [2.75, 3.05) is 36.5 Å². The molecule has 4 N–H and O–H groups in total. The molecule has 140 valence electrons. The molecule has 1 aliphatic heterocycles. The van der Waals surface area contributed by atoms with Crippen LogP contribution in [0.15, 0.2) is 18.2 Å². The number of hydrogen-bond acceptors (Lipinski definition) is 6. The molecule has 1 fully saturated rings. The Morgan fingerprint density at radius 2 is 2.04 bits per heavy atom. The van der Waals surface area contributed by atoms with Gasteiger partial charge in [-0.05, 0) is 24.1 Å². The number of primary amides is 1. The molecule has 1 aliphatic rings. The van der Waals surface area contributed by atoms with Crippen LogP contribution in [0.3, 0.4) is 0 Å². The lowest BCUT2D eigenvalue weighted by molar-refractivity contribution is -0.118. The fourth-order valence-electron chi connectivity index (χ4n) is 2.79. The van der Waals surface area contributed by atoms with Gasteiger partial charge in [0.05, 0.1) is 23.4 Å². The lowest BCUT2D eigenvalue weighted by atomic mass is 10.0. The van der Waals surface area contributed by atoms with E-state index in [4.69, 9.17) is 10.5 Å². The molecule has 3 amide bonds. The Balaban J connectivity index is 1.75. The van der Waals surface area contributed by atoms with Gasteiger partial charge in [-0.1, -0.05) is 25.2 Å². The van der Waals surface area contributed by atoms with E-state index in [1.165, 1.54) is 0 Å². The Hall–Kier alpha value is -2.39. The number of urea groups is 1. The minimum atomic E-state index is -0.716. The molecule has 3 rings (SSSR count). The van der Waals surface area contributed by atoms with Crippen LogP contribution in [0.5, 0.6) is 0 Å².